The largest absolute Gasteiger partial charge is 0.356 e. The van der Waals surface area contributed by atoms with E-state index < -0.39 is 0 Å². The summed E-state index contributed by atoms with van der Waals surface area (Å²) in [5.74, 6) is 1.02. The van der Waals surface area contributed by atoms with Gasteiger partial charge in [0.1, 0.15) is 11.9 Å². The fourth-order valence-electron chi connectivity index (χ4n) is 1.51. The first kappa shape index (κ1) is 8.99. The maximum Gasteiger partial charge on any atom is 0.247 e. The second-order valence-electron chi connectivity index (χ2n) is 3.75. The molecule has 0 saturated heterocycles. The van der Waals surface area contributed by atoms with Crippen molar-refractivity contribution in [2.45, 2.75) is 19.9 Å². The molecule has 4 nitrogen and oxygen atoms in total. The van der Waals surface area contributed by atoms with E-state index in [1.807, 2.05) is 19.9 Å². The summed E-state index contributed by atoms with van der Waals surface area (Å²) in [6.45, 7) is 4.01. The second kappa shape index (κ2) is 3.29. The first-order valence-corrected chi connectivity index (χ1v) is 4.71. The lowest BCUT2D eigenvalue weighted by Gasteiger charge is -2.28. The molecule has 0 fully saturated rings. The van der Waals surface area contributed by atoms with Crippen molar-refractivity contribution in [3.63, 3.8) is 0 Å². The Kier molecular flexibility index (Phi) is 2.11. The summed E-state index contributed by atoms with van der Waals surface area (Å²) in [6, 6.07) is 3.46. The average Bonchev–Trinajstić information content (AvgIpc) is 2.16. The van der Waals surface area contributed by atoms with E-state index in [0.717, 1.165) is 11.5 Å². The lowest BCUT2D eigenvalue weighted by molar-refractivity contribution is -0.117. The minimum atomic E-state index is -0.183. The van der Waals surface area contributed by atoms with E-state index in [1.165, 1.54) is 0 Å². The predicted octanol–water partition coefficient (Wildman–Crippen LogP) is 1.47. The summed E-state index contributed by atoms with van der Waals surface area (Å²) >= 11 is 0. The fourth-order valence-corrected chi connectivity index (χ4v) is 1.51. The SMILES string of the molecule is CC(C)[C@H]1Nc2ncccc2NC1=O. The zero-order valence-corrected chi connectivity index (χ0v) is 8.24. The Hall–Kier alpha value is -1.58. The van der Waals surface area contributed by atoms with Crippen LogP contribution in [0.2, 0.25) is 0 Å². The van der Waals surface area contributed by atoms with Gasteiger partial charge in [0.05, 0.1) is 5.69 Å². The molecule has 4 heteroatoms. The van der Waals surface area contributed by atoms with E-state index >= 15 is 0 Å². The Balaban J connectivity index is 2.31. The lowest BCUT2D eigenvalue weighted by atomic mass is 10.0. The summed E-state index contributed by atoms with van der Waals surface area (Å²) in [5.41, 5.74) is 0.759. The van der Waals surface area contributed by atoms with Crippen LogP contribution in [0.25, 0.3) is 0 Å². The summed E-state index contributed by atoms with van der Waals surface area (Å²) < 4.78 is 0. The minimum absolute atomic E-state index is 0.0144. The van der Waals surface area contributed by atoms with Crippen LogP contribution < -0.4 is 10.6 Å². The van der Waals surface area contributed by atoms with Crippen molar-refractivity contribution in [2.24, 2.45) is 5.92 Å². The highest BCUT2D eigenvalue weighted by molar-refractivity contribution is 6.02. The molecule has 1 aliphatic heterocycles. The predicted molar refractivity (Wildman–Crippen MR) is 55.1 cm³/mol. The third-order valence-electron chi connectivity index (χ3n) is 2.31. The van der Waals surface area contributed by atoms with Crippen LogP contribution in [0.1, 0.15) is 13.8 Å². The van der Waals surface area contributed by atoms with Crippen LogP contribution in [0.15, 0.2) is 18.3 Å². The molecule has 1 atom stereocenters. The molecule has 2 heterocycles. The van der Waals surface area contributed by atoms with E-state index in [2.05, 4.69) is 15.6 Å². The highest BCUT2D eigenvalue weighted by Crippen LogP contribution is 2.25. The second-order valence-corrected chi connectivity index (χ2v) is 3.75. The van der Waals surface area contributed by atoms with E-state index in [0.29, 0.717) is 0 Å². The molecule has 2 rings (SSSR count). The molecule has 0 aliphatic carbocycles. The van der Waals surface area contributed by atoms with Gasteiger partial charge in [-0.1, -0.05) is 13.8 Å². The molecule has 0 saturated carbocycles. The van der Waals surface area contributed by atoms with E-state index in [4.69, 9.17) is 0 Å². The van der Waals surface area contributed by atoms with Crippen LogP contribution in [0.5, 0.6) is 0 Å². The number of anilines is 2. The number of hydrogen-bond donors (Lipinski definition) is 2. The zero-order valence-electron chi connectivity index (χ0n) is 8.24. The lowest BCUT2D eigenvalue weighted by Crippen LogP contribution is -2.42. The van der Waals surface area contributed by atoms with Gasteiger partial charge in [0.15, 0.2) is 0 Å². The molecular weight excluding hydrogens is 178 g/mol. The number of fused-ring (bicyclic) bond motifs is 1. The van der Waals surface area contributed by atoms with Gasteiger partial charge < -0.3 is 10.6 Å². The Labute approximate surface area is 82.7 Å². The minimum Gasteiger partial charge on any atom is -0.356 e. The van der Waals surface area contributed by atoms with Crippen LogP contribution in [0, 0.1) is 5.92 Å². The van der Waals surface area contributed by atoms with Crippen LogP contribution in [0.4, 0.5) is 11.5 Å². The van der Waals surface area contributed by atoms with Gasteiger partial charge in [-0.15, -0.1) is 0 Å². The van der Waals surface area contributed by atoms with Crippen molar-refractivity contribution in [1.82, 2.24) is 4.98 Å². The van der Waals surface area contributed by atoms with Crippen molar-refractivity contribution in [3.8, 4) is 0 Å². The number of pyridine rings is 1. The Bertz CT molecular complexity index is 362. The van der Waals surface area contributed by atoms with Gasteiger partial charge in [0.25, 0.3) is 0 Å². The highest BCUT2D eigenvalue weighted by Gasteiger charge is 2.28. The summed E-state index contributed by atoms with van der Waals surface area (Å²) in [4.78, 5) is 15.8. The number of carbonyl (C=O) groups is 1. The number of rotatable bonds is 1. The Morgan fingerprint density at radius 2 is 2.29 bits per heavy atom. The zero-order chi connectivity index (χ0) is 10.1. The van der Waals surface area contributed by atoms with Crippen molar-refractivity contribution in [3.05, 3.63) is 18.3 Å². The third-order valence-corrected chi connectivity index (χ3v) is 2.31. The van der Waals surface area contributed by atoms with Gasteiger partial charge in [-0.2, -0.15) is 0 Å². The van der Waals surface area contributed by atoms with Gasteiger partial charge in [0, 0.05) is 6.20 Å². The fraction of sp³-hybridized carbons (Fsp3) is 0.400. The standard InChI is InChI=1S/C10H13N3O/c1-6(2)8-10(14)12-7-4-3-5-11-9(7)13-8/h3-6,8H,1-2H3,(H,11,13)(H,12,14)/t8-/m1/s1. The molecular formula is C10H13N3O. The number of aromatic nitrogens is 1. The molecule has 0 aromatic carbocycles. The van der Waals surface area contributed by atoms with Gasteiger partial charge in [0.2, 0.25) is 5.91 Å². The van der Waals surface area contributed by atoms with Gasteiger partial charge in [-0.05, 0) is 18.1 Å². The quantitative estimate of drug-likeness (QED) is 0.706. The van der Waals surface area contributed by atoms with E-state index in [-0.39, 0.29) is 17.9 Å². The maximum atomic E-state index is 11.6. The number of nitrogens with zero attached hydrogens (tertiary/aromatic N) is 1. The van der Waals surface area contributed by atoms with Crippen LogP contribution in [0.3, 0.4) is 0 Å². The van der Waals surface area contributed by atoms with E-state index in [1.54, 1.807) is 12.3 Å². The number of amides is 1. The summed E-state index contributed by atoms with van der Waals surface area (Å²) in [5, 5.41) is 5.95. The molecule has 0 radical (unpaired) electrons. The van der Waals surface area contributed by atoms with Crippen molar-refractivity contribution in [1.29, 1.82) is 0 Å². The van der Waals surface area contributed by atoms with Crippen LogP contribution in [-0.2, 0) is 4.79 Å². The molecule has 74 valence electrons. The number of carbonyl (C=O) groups excluding carboxylic acids is 1. The molecule has 1 amide bonds. The summed E-state index contributed by atoms with van der Waals surface area (Å²) in [7, 11) is 0. The van der Waals surface area contributed by atoms with Gasteiger partial charge in [-0.3, -0.25) is 4.79 Å². The molecule has 1 aromatic rings. The number of hydrogen-bond acceptors (Lipinski definition) is 3. The Morgan fingerprint density at radius 3 is 3.00 bits per heavy atom. The molecule has 1 aromatic heterocycles. The monoisotopic (exact) mass is 191 g/mol. The molecule has 1 aliphatic rings. The normalized spacial score (nSPS) is 19.9. The first-order chi connectivity index (χ1) is 6.68. The molecule has 14 heavy (non-hydrogen) atoms. The maximum absolute atomic E-state index is 11.6. The Morgan fingerprint density at radius 1 is 1.50 bits per heavy atom. The van der Waals surface area contributed by atoms with Crippen molar-refractivity contribution in [2.75, 3.05) is 10.6 Å². The topological polar surface area (TPSA) is 54.0 Å². The molecule has 0 spiro atoms. The smallest absolute Gasteiger partial charge is 0.247 e. The average molecular weight is 191 g/mol. The molecule has 2 N–H and O–H groups in total. The molecule has 0 bridgehead atoms. The summed E-state index contributed by atoms with van der Waals surface area (Å²) in [6.07, 6.45) is 1.71. The molecule has 0 unspecified atom stereocenters. The third kappa shape index (κ3) is 1.43. The van der Waals surface area contributed by atoms with Gasteiger partial charge >= 0.3 is 0 Å². The van der Waals surface area contributed by atoms with Crippen molar-refractivity contribution >= 4 is 17.4 Å². The van der Waals surface area contributed by atoms with Crippen LogP contribution >= 0.6 is 0 Å². The van der Waals surface area contributed by atoms with Crippen LogP contribution in [-0.4, -0.2) is 16.9 Å². The van der Waals surface area contributed by atoms with E-state index in [9.17, 15) is 4.79 Å². The van der Waals surface area contributed by atoms with Gasteiger partial charge in [-0.25, -0.2) is 4.98 Å². The van der Waals surface area contributed by atoms with Crippen molar-refractivity contribution < 1.29 is 4.79 Å². The first-order valence-electron chi connectivity index (χ1n) is 4.71. The number of nitrogens with one attached hydrogen (secondary N) is 2. The highest BCUT2D eigenvalue weighted by atomic mass is 16.2.